The first kappa shape index (κ1) is 30.7. The number of aliphatic hydroxyl groups is 2. The highest BCUT2D eigenvalue weighted by atomic mass is 16.5. The second kappa shape index (κ2) is 15.7. The molecule has 2 atom stereocenters. The summed E-state index contributed by atoms with van der Waals surface area (Å²) in [6.45, 7) is 7.44. The number of benzene rings is 3. The molecule has 4 rings (SSSR count). The van der Waals surface area contributed by atoms with Crippen molar-refractivity contribution in [3.05, 3.63) is 94.7 Å². The van der Waals surface area contributed by atoms with Crippen LogP contribution in [0.25, 0.3) is 10.9 Å². The largest absolute Gasteiger partial charge is 0.508 e. The number of carbonyl (C=O) groups is 1. The van der Waals surface area contributed by atoms with E-state index in [2.05, 4.69) is 53.7 Å². The number of aromatic nitrogens is 1. The van der Waals surface area contributed by atoms with E-state index < -0.39 is 6.10 Å². The lowest BCUT2D eigenvalue weighted by Gasteiger charge is -2.20. The molecule has 0 aliphatic rings. The molecular formula is C32H41N3O5. The first-order chi connectivity index (χ1) is 19.4. The summed E-state index contributed by atoms with van der Waals surface area (Å²) in [5.41, 5.74) is 5.68. The maximum Gasteiger partial charge on any atom is 0.207 e. The maximum atomic E-state index is 10.5. The number of hydrogen-bond acceptors (Lipinski definition) is 6. The zero-order valence-electron chi connectivity index (χ0n) is 23.5. The fourth-order valence-electron chi connectivity index (χ4n) is 4.53. The molecule has 1 aromatic heterocycles. The third-order valence-electron chi connectivity index (χ3n) is 6.70. The van der Waals surface area contributed by atoms with Crippen LogP contribution in [0.5, 0.6) is 11.5 Å². The summed E-state index contributed by atoms with van der Waals surface area (Å²) in [6, 6.07) is 21.4. The van der Waals surface area contributed by atoms with Crippen molar-refractivity contribution in [3.63, 3.8) is 0 Å². The predicted molar refractivity (Wildman–Crippen MR) is 158 cm³/mol. The molecule has 0 fully saturated rings. The lowest BCUT2D eigenvalue weighted by atomic mass is 10.0. The number of nitrogens with one attached hydrogen (secondary N) is 3. The van der Waals surface area contributed by atoms with Crippen molar-refractivity contribution < 1.29 is 24.9 Å². The minimum absolute atomic E-state index is 0.0447. The molecule has 0 aliphatic carbocycles. The Labute approximate surface area is 236 Å². The van der Waals surface area contributed by atoms with Crippen LogP contribution in [0, 0.1) is 6.92 Å². The van der Waals surface area contributed by atoms with E-state index in [0.29, 0.717) is 37.2 Å². The predicted octanol–water partition coefficient (Wildman–Crippen LogP) is 4.65. The number of carbonyl (C=O) groups excluding carboxylic acids is 1. The van der Waals surface area contributed by atoms with Crippen LogP contribution in [0.3, 0.4) is 0 Å². The number of aliphatic hydroxyl groups excluding tert-OH is 2. The molecule has 1 amide bonds. The second-order valence-electron chi connectivity index (χ2n) is 9.69. The standard InChI is InChI=1S/C22H28N2O3.C10H13NO2/c1-3-19(10-15-4-6-20-17(9-15)8-14(2)24-20)23-12-22(27)16-5-7-21(26)18(11-16)13-25;1-2-13-10-6-4-3-5-9(10)7-11-8-12/h4-9,11,19,22-27H,3,10,12-13H2,1-2H3;3-6,8H,2,7H2,1H3,(H,11,12). The van der Waals surface area contributed by atoms with E-state index in [0.717, 1.165) is 35.4 Å². The van der Waals surface area contributed by atoms with Gasteiger partial charge in [-0.25, -0.2) is 0 Å². The second-order valence-corrected chi connectivity index (χ2v) is 9.69. The van der Waals surface area contributed by atoms with Crippen LogP contribution in [-0.4, -0.2) is 45.9 Å². The minimum Gasteiger partial charge on any atom is -0.508 e. The number of para-hydroxylation sites is 1. The van der Waals surface area contributed by atoms with Gasteiger partial charge in [0.25, 0.3) is 0 Å². The van der Waals surface area contributed by atoms with E-state index in [1.54, 1.807) is 12.1 Å². The van der Waals surface area contributed by atoms with Crippen LogP contribution < -0.4 is 15.4 Å². The summed E-state index contributed by atoms with van der Waals surface area (Å²) in [5.74, 6) is 0.877. The topological polar surface area (TPSA) is 127 Å². The van der Waals surface area contributed by atoms with Crippen molar-refractivity contribution in [2.24, 2.45) is 0 Å². The Hall–Kier alpha value is -3.85. The lowest BCUT2D eigenvalue weighted by molar-refractivity contribution is -0.109. The van der Waals surface area contributed by atoms with Crippen LogP contribution in [-0.2, 0) is 24.4 Å². The van der Waals surface area contributed by atoms with Crippen LogP contribution >= 0.6 is 0 Å². The van der Waals surface area contributed by atoms with E-state index >= 15 is 0 Å². The van der Waals surface area contributed by atoms with Gasteiger partial charge in [0.1, 0.15) is 11.5 Å². The molecule has 6 N–H and O–H groups in total. The van der Waals surface area contributed by atoms with E-state index in [1.807, 2.05) is 31.2 Å². The van der Waals surface area contributed by atoms with Gasteiger partial charge in [-0.15, -0.1) is 0 Å². The Morgan fingerprint density at radius 2 is 1.82 bits per heavy atom. The summed E-state index contributed by atoms with van der Waals surface area (Å²) in [7, 11) is 0. The fourth-order valence-corrected chi connectivity index (χ4v) is 4.53. The molecule has 0 radical (unpaired) electrons. The van der Waals surface area contributed by atoms with Crippen molar-refractivity contribution in [1.29, 1.82) is 0 Å². The van der Waals surface area contributed by atoms with E-state index in [-0.39, 0.29) is 18.4 Å². The Morgan fingerprint density at radius 3 is 2.55 bits per heavy atom. The van der Waals surface area contributed by atoms with E-state index in [1.165, 1.54) is 17.0 Å². The van der Waals surface area contributed by atoms with Crippen molar-refractivity contribution in [2.75, 3.05) is 13.2 Å². The van der Waals surface area contributed by atoms with Gasteiger partial charge in [0, 0.05) is 41.5 Å². The van der Waals surface area contributed by atoms with Gasteiger partial charge >= 0.3 is 0 Å². The highest BCUT2D eigenvalue weighted by Crippen LogP contribution is 2.23. The Balaban J connectivity index is 0.000000285. The molecule has 8 heteroatoms. The molecule has 214 valence electrons. The van der Waals surface area contributed by atoms with Gasteiger partial charge in [-0.05, 0) is 79.6 Å². The Bertz CT molecular complexity index is 1350. The summed E-state index contributed by atoms with van der Waals surface area (Å²) >= 11 is 0. The number of H-pyrrole nitrogens is 1. The lowest BCUT2D eigenvalue weighted by Crippen LogP contribution is -2.34. The van der Waals surface area contributed by atoms with Gasteiger partial charge in [0.15, 0.2) is 0 Å². The average molecular weight is 548 g/mol. The van der Waals surface area contributed by atoms with Gasteiger partial charge in [-0.2, -0.15) is 0 Å². The average Bonchev–Trinajstić information content (AvgIpc) is 3.34. The molecule has 0 aliphatic heterocycles. The maximum absolute atomic E-state index is 10.5. The summed E-state index contributed by atoms with van der Waals surface area (Å²) in [4.78, 5) is 13.4. The minimum atomic E-state index is -0.695. The first-order valence-electron chi connectivity index (χ1n) is 13.7. The molecule has 0 bridgehead atoms. The van der Waals surface area contributed by atoms with Gasteiger partial charge in [-0.1, -0.05) is 37.3 Å². The molecule has 1 heterocycles. The Kier molecular flexibility index (Phi) is 12.0. The normalized spacial score (nSPS) is 12.3. The number of ether oxygens (including phenoxy) is 1. The number of amides is 1. The van der Waals surface area contributed by atoms with Crippen molar-refractivity contribution in [2.45, 2.75) is 58.9 Å². The van der Waals surface area contributed by atoms with Crippen molar-refractivity contribution in [3.8, 4) is 11.5 Å². The number of aromatic amines is 1. The third-order valence-corrected chi connectivity index (χ3v) is 6.70. The molecule has 40 heavy (non-hydrogen) atoms. The molecule has 0 spiro atoms. The Morgan fingerprint density at radius 1 is 1.02 bits per heavy atom. The third kappa shape index (κ3) is 8.84. The quantitative estimate of drug-likeness (QED) is 0.135. The number of aromatic hydroxyl groups is 1. The van der Waals surface area contributed by atoms with Crippen molar-refractivity contribution >= 4 is 17.3 Å². The van der Waals surface area contributed by atoms with Gasteiger partial charge in [-0.3, -0.25) is 4.79 Å². The number of rotatable bonds is 13. The van der Waals surface area contributed by atoms with E-state index in [9.17, 15) is 20.1 Å². The molecule has 2 unspecified atom stereocenters. The fraction of sp³-hybridized carbons (Fsp3) is 0.344. The number of aryl methyl sites for hydroxylation is 1. The van der Waals surface area contributed by atoms with Crippen LogP contribution in [0.4, 0.5) is 0 Å². The van der Waals surface area contributed by atoms with Gasteiger partial charge < -0.3 is 35.7 Å². The molecular weight excluding hydrogens is 506 g/mol. The molecule has 3 aromatic carbocycles. The van der Waals surface area contributed by atoms with Gasteiger partial charge in [0.05, 0.1) is 19.3 Å². The zero-order chi connectivity index (χ0) is 28.9. The highest BCUT2D eigenvalue weighted by Gasteiger charge is 2.14. The highest BCUT2D eigenvalue weighted by molar-refractivity contribution is 5.81. The molecule has 0 saturated heterocycles. The van der Waals surface area contributed by atoms with Crippen LogP contribution in [0.2, 0.25) is 0 Å². The van der Waals surface area contributed by atoms with Crippen molar-refractivity contribution in [1.82, 2.24) is 15.6 Å². The summed E-state index contributed by atoms with van der Waals surface area (Å²) in [6.07, 6.45) is 1.83. The first-order valence-corrected chi connectivity index (χ1v) is 13.7. The van der Waals surface area contributed by atoms with Crippen LogP contribution in [0.1, 0.15) is 54.3 Å². The number of fused-ring (bicyclic) bond motifs is 1. The molecule has 8 nitrogen and oxygen atoms in total. The van der Waals surface area contributed by atoms with E-state index in [4.69, 9.17) is 4.74 Å². The number of phenols is 1. The number of hydrogen-bond donors (Lipinski definition) is 6. The monoisotopic (exact) mass is 547 g/mol. The SMILES string of the molecule is CCC(Cc1ccc2[nH]c(C)cc2c1)NCC(O)c1ccc(O)c(CO)c1.CCOc1ccccc1CNC=O. The van der Waals surface area contributed by atoms with Gasteiger partial charge in [0.2, 0.25) is 6.41 Å². The van der Waals surface area contributed by atoms with Crippen LogP contribution in [0.15, 0.2) is 66.7 Å². The zero-order valence-corrected chi connectivity index (χ0v) is 23.5. The molecule has 4 aromatic rings. The smallest absolute Gasteiger partial charge is 0.207 e. The molecule has 0 saturated carbocycles. The summed E-state index contributed by atoms with van der Waals surface area (Å²) in [5, 5.41) is 36.6. The summed E-state index contributed by atoms with van der Waals surface area (Å²) < 4.78 is 5.38.